The Morgan fingerprint density at radius 3 is 2.22 bits per heavy atom. The van der Waals surface area contributed by atoms with Crippen LogP contribution in [0.4, 0.5) is 0 Å². The van der Waals surface area contributed by atoms with Crippen LogP contribution in [-0.4, -0.2) is 89.8 Å². The molecule has 8 heteroatoms. The summed E-state index contributed by atoms with van der Waals surface area (Å²) in [7, 11) is 0. The van der Waals surface area contributed by atoms with Crippen molar-refractivity contribution in [2.75, 3.05) is 39.3 Å². The van der Waals surface area contributed by atoms with Gasteiger partial charge in [-0.05, 0) is 205 Å². The molecule has 13 rings (SSSR count). The van der Waals surface area contributed by atoms with E-state index in [1.807, 2.05) is 24.5 Å². The molecular weight excluding hydrogens is 935 g/mol. The minimum absolute atomic E-state index is 0.0429. The molecule has 4 aromatic carbocycles. The summed E-state index contributed by atoms with van der Waals surface area (Å²) >= 11 is 0. The molecule has 0 unspecified atom stereocenters. The number of nitrogens with zero attached hydrogens (tertiary/aromatic N) is 4. The van der Waals surface area contributed by atoms with Gasteiger partial charge in [0.15, 0.2) is 5.78 Å². The lowest BCUT2D eigenvalue weighted by Crippen LogP contribution is -2.68. The fourth-order valence-corrected chi connectivity index (χ4v) is 15.4. The SMILES string of the molecule is C[C@H]1[C@H]2Cc3ccc(C(=O)NCCc4ccc(C5=CCN=C5)cc4)cc3[C@@]1(C)CCN2CC1CC1.Cc1c(C(=O)CCCc2ccc(-c3cccnc3)cc2)ccc2c1[C@]13CCN(CC4CC4)[C@H](C2)[C@]1(C)CCC(=O)C3. The van der Waals surface area contributed by atoms with E-state index in [4.69, 9.17) is 0 Å². The summed E-state index contributed by atoms with van der Waals surface area (Å²) in [6, 6.07) is 33.3. The smallest absolute Gasteiger partial charge is 0.251 e. The zero-order valence-corrected chi connectivity index (χ0v) is 45.7. The van der Waals surface area contributed by atoms with Crippen LogP contribution in [0.15, 0.2) is 114 Å². The molecule has 0 radical (unpaired) electrons. The molecule has 1 amide bonds. The number of aryl methyl sites for hydroxylation is 1. The number of ketones is 2. The molecule has 394 valence electrons. The summed E-state index contributed by atoms with van der Waals surface area (Å²) in [5.41, 5.74) is 15.8. The van der Waals surface area contributed by atoms with Gasteiger partial charge in [0, 0.05) is 86.1 Å². The third kappa shape index (κ3) is 9.80. The van der Waals surface area contributed by atoms with Crippen LogP contribution >= 0.6 is 0 Å². The number of carbonyl (C=O) groups is 3. The molecule has 0 spiro atoms. The first-order valence-electron chi connectivity index (χ1n) is 29.3. The fourth-order valence-electron chi connectivity index (χ4n) is 15.4. The van der Waals surface area contributed by atoms with Crippen molar-refractivity contribution in [3.8, 4) is 11.1 Å². The molecule has 1 N–H and O–H groups in total. The van der Waals surface area contributed by atoms with E-state index >= 15 is 0 Å². The minimum atomic E-state index is -0.128. The van der Waals surface area contributed by atoms with Crippen LogP contribution in [0, 0.1) is 30.1 Å². The molecule has 4 heterocycles. The quantitative estimate of drug-likeness (QED) is 0.105. The molecule has 3 saturated carbocycles. The Hall–Kier alpha value is -5.83. The first-order valence-corrected chi connectivity index (χ1v) is 29.3. The van der Waals surface area contributed by atoms with Crippen LogP contribution in [0.3, 0.4) is 0 Å². The molecule has 76 heavy (non-hydrogen) atoms. The number of hydrogen-bond acceptors (Lipinski definition) is 7. The maximum Gasteiger partial charge on any atom is 0.251 e. The number of nitrogens with one attached hydrogen (secondary N) is 1. The van der Waals surface area contributed by atoms with Gasteiger partial charge in [-0.15, -0.1) is 0 Å². The molecular formula is C68H79N5O3. The van der Waals surface area contributed by atoms with Crippen LogP contribution in [-0.2, 0) is 41.3 Å². The van der Waals surface area contributed by atoms with E-state index in [0.717, 1.165) is 97.7 Å². The Kier molecular flexibility index (Phi) is 14.0. The van der Waals surface area contributed by atoms with Crippen molar-refractivity contribution in [2.45, 2.75) is 147 Å². The summed E-state index contributed by atoms with van der Waals surface area (Å²) in [6.07, 6.45) is 23.2. The Balaban J connectivity index is 0.000000155. The highest BCUT2D eigenvalue weighted by molar-refractivity contribution is 6.11. The Morgan fingerprint density at radius 1 is 0.776 bits per heavy atom. The zero-order chi connectivity index (χ0) is 52.2. The van der Waals surface area contributed by atoms with Crippen LogP contribution in [0.1, 0.15) is 157 Å². The minimum Gasteiger partial charge on any atom is -0.352 e. The van der Waals surface area contributed by atoms with E-state index < -0.39 is 0 Å². The van der Waals surface area contributed by atoms with Gasteiger partial charge in [0.25, 0.3) is 5.91 Å². The van der Waals surface area contributed by atoms with Crippen molar-refractivity contribution in [3.63, 3.8) is 0 Å². The number of fused-ring (bicyclic) bond motifs is 5. The van der Waals surface area contributed by atoms with Crippen molar-refractivity contribution in [1.29, 1.82) is 0 Å². The summed E-state index contributed by atoms with van der Waals surface area (Å²) < 4.78 is 0. The summed E-state index contributed by atoms with van der Waals surface area (Å²) in [6.45, 7) is 15.8. The second-order valence-electron chi connectivity index (χ2n) is 25.0. The van der Waals surface area contributed by atoms with Crippen LogP contribution < -0.4 is 5.32 Å². The molecule has 2 saturated heterocycles. The van der Waals surface area contributed by atoms with E-state index in [0.29, 0.717) is 49.6 Å². The highest BCUT2D eigenvalue weighted by atomic mass is 16.1. The number of aliphatic imine (C=N–C) groups is 1. The number of aromatic nitrogens is 1. The number of carbonyl (C=O) groups excluding carboxylic acids is 3. The van der Waals surface area contributed by atoms with Gasteiger partial charge in [-0.1, -0.05) is 99.6 Å². The Bertz CT molecular complexity index is 3060. The standard InChI is InChI=1S/C37H42N2O2.C31H37N3O/c1-25-32(33(41)7-3-5-26-10-12-28(13-11-26)30-6-4-19-38-23-30)15-14-29-21-34-36(2)17-16-31(40)22-37(36,35(25)29)18-20-39(34)24-27-8-9-27;1-21-29-18-25-9-10-26(17-28(25)31(21,2)13-16-34(29)20-23-3-4-23)30(35)33-15-11-22-5-7-24(8-6-22)27-12-14-32-19-27/h4,6,10-15,19,23,27,34H,3,5,7-9,16-18,20-22,24H2,1-2H3;5-10,12,17,19,21,23,29H,3-4,11,13-16,18,20H2,1-2H3,(H,33,35)/t34-,36+,37-;21-,29+,31-/m10/s1. The van der Waals surface area contributed by atoms with Crippen LogP contribution in [0.5, 0.6) is 0 Å². The number of allylic oxidation sites excluding steroid dienone is 1. The normalized spacial score (nSPS) is 27.3. The van der Waals surface area contributed by atoms with Gasteiger partial charge in [-0.25, -0.2) is 0 Å². The van der Waals surface area contributed by atoms with Crippen molar-refractivity contribution in [3.05, 3.63) is 165 Å². The number of Topliss-reactive ketones (excluding diaryl/α,β-unsaturated/α-hetero) is 2. The van der Waals surface area contributed by atoms with Gasteiger partial charge in [0.05, 0.1) is 6.54 Å². The first-order chi connectivity index (χ1) is 36.9. The lowest BCUT2D eigenvalue weighted by atomic mass is 9.44. The zero-order valence-electron chi connectivity index (χ0n) is 45.7. The summed E-state index contributed by atoms with van der Waals surface area (Å²) in [5, 5.41) is 3.16. The highest BCUT2D eigenvalue weighted by Gasteiger charge is 2.63. The molecule has 5 fully saturated rings. The van der Waals surface area contributed by atoms with Gasteiger partial charge in [-0.2, -0.15) is 0 Å². The van der Waals surface area contributed by atoms with Gasteiger partial charge >= 0.3 is 0 Å². The average molecular weight is 1010 g/mol. The lowest BCUT2D eigenvalue weighted by molar-refractivity contribution is -0.136. The van der Waals surface area contributed by atoms with Crippen LogP contribution in [0.25, 0.3) is 16.7 Å². The van der Waals surface area contributed by atoms with Crippen LogP contribution in [0.2, 0.25) is 0 Å². The fraction of sp³-hybridized carbons (Fsp3) is 0.485. The third-order valence-corrected chi connectivity index (χ3v) is 20.5. The lowest BCUT2D eigenvalue weighted by Gasteiger charge is -2.65. The van der Waals surface area contributed by atoms with Gasteiger partial charge in [-0.3, -0.25) is 34.2 Å². The predicted molar refractivity (Wildman–Crippen MR) is 306 cm³/mol. The maximum atomic E-state index is 13.7. The van der Waals surface area contributed by atoms with Crippen molar-refractivity contribution in [2.24, 2.45) is 28.2 Å². The molecule has 5 aromatic rings. The molecule has 3 aliphatic heterocycles. The average Bonchev–Trinajstić information content (AvgIpc) is 4.43. The molecule has 5 aliphatic carbocycles. The third-order valence-electron chi connectivity index (χ3n) is 20.5. The maximum absolute atomic E-state index is 13.7. The molecule has 4 bridgehead atoms. The van der Waals surface area contributed by atoms with Gasteiger partial charge in [0.2, 0.25) is 0 Å². The number of piperidine rings is 2. The van der Waals surface area contributed by atoms with E-state index in [1.165, 1.54) is 96.3 Å². The molecule has 8 nitrogen and oxygen atoms in total. The molecule has 8 aliphatic rings. The summed E-state index contributed by atoms with van der Waals surface area (Å²) in [5.74, 6) is 3.13. The largest absolute Gasteiger partial charge is 0.352 e. The van der Waals surface area contributed by atoms with Crippen molar-refractivity contribution >= 4 is 29.3 Å². The van der Waals surface area contributed by atoms with Crippen molar-refractivity contribution in [1.82, 2.24) is 20.1 Å². The van der Waals surface area contributed by atoms with Gasteiger partial charge in [0.1, 0.15) is 5.78 Å². The van der Waals surface area contributed by atoms with E-state index in [-0.39, 0.29) is 27.9 Å². The number of likely N-dealkylation sites (tertiary alicyclic amines) is 2. The summed E-state index contributed by atoms with van der Waals surface area (Å²) in [4.78, 5) is 53.8. The van der Waals surface area contributed by atoms with E-state index in [2.05, 4.69) is 138 Å². The number of hydrogen-bond donors (Lipinski definition) is 1. The molecule has 1 aromatic heterocycles. The number of pyridine rings is 1. The van der Waals surface area contributed by atoms with Crippen molar-refractivity contribution < 1.29 is 14.4 Å². The van der Waals surface area contributed by atoms with E-state index in [9.17, 15) is 14.4 Å². The number of rotatable bonds is 15. The Labute approximate surface area is 452 Å². The topological polar surface area (TPSA) is 95.0 Å². The highest BCUT2D eigenvalue weighted by Crippen LogP contribution is 2.63. The predicted octanol–water partition coefficient (Wildman–Crippen LogP) is 12.4. The second kappa shape index (κ2) is 20.8. The monoisotopic (exact) mass is 1010 g/mol. The first kappa shape index (κ1) is 51.0. The number of benzene rings is 4. The van der Waals surface area contributed by atoms with Gasteiger partial charge < -0.3 is 5.32 Å². The Morgan fingerprint density at radius 2 is 1.50 bits per heavy atom. The van der Waals surface area contributed by atoms with E-state index in [1.54, 1.807) is 6.20 Å². The number of amides is 1. The molecule has 6 atom stereocenters. The second-order valence-corrected chi connectivity index (χ2v) is 25.0.